The standard InChI is InChI=1S/C18H25N3O2/c1-4-21(5-2)16(12-15-9-7-6-8-10-15)13-19-18(22)17-11-14(3)20-23-17/h6-11,16H,4-5,12-13H2,1-3H3,(H,19,22). The van der Waals surface area contributed by atoms with Gasteiger partial charge in [0, 0.05) is 18.7 Å². The molecule has 1 amide bonds. The van der Waals surface area contributed by atoms with Gasteiger partial charge in [-0.05, 0) is 32.0 Å². The van der Waals surface area contributed by atoms with Gasteiger partial charge in [0.25, 0.3) is 5.91 Å². The van der Waals surface area contributed by atoms with Crippen molar-refractivity contribution in [3.05, 3.63) is 53.4 Å². The number of hydrogen-bond donors (Lipinski definition) is 1. The summed E-state index contributed by atoms with van der Waals surface area (Å²) < 4.78 is 5.01. The van der Waals surface area contributed by atoms with Crippen molar-refractivity contribution in [1.82, 2.24) is 15.4 Å². The van der Waals surface area contributed by atoms with Crippen LogP contribution in [0.3, 0.4) is 0 Å². The lowest BCUT2D eigenvalue weighted by atomic mass is 10.0. The summed E-state index contributed by atoms with van der Waals surface area (Å²) in [6, 6.07) is 12.3. The summed E-state index contributed by atoms with van der Waals surface area (Å²) in [4.78, 5) is 14.5. The molecule has 0 spiro atoms. The van der Waals surface area contributed by atoms with E-state index in [0.717, 1.165) is 19.5 Å². The second-order valence-corrected chi connectivity index (χ2v) is 5.61. The SMILES string of the molecule is CCN(CC)C(CNC(=O)c1cc(C)no1)Cc1ccccc1. The van der Waals surface area contributed by atoms with Gasteiger partial charge in [0.1, 0.15) is 0 Å². The van der Waals surface area contributed by atoms with Crippen molar-refractivity contribution in [2.75, 3.05) is 19.6 Å². The zero-order chi connectivity index (χ0) is 16.7. The molecule has 1 N–H and O–H groups in total. The van der Waals surface area contributed by atoms with Crippen molar-refractivity contribution < 1.29 is 9.32 Å². The Bertz CT molecular complexity index is 606. The van der Waals surface area contributed by atoms with Gasteiger partial charge >= 0.3 is 0 Å². The number of aryl methyl sites for hydroxylation is 1. The molecule has 5 nitrogen and oxygen atoms in total. The number of carbonyl (C=O) groups excluding carboxylic acids is 1. The molecule has 1 aromatic heterocycles. The minimum Gasteiger partial charge on any atom is -0.351 e. The molecule has 23 heavy (non-hydrogen) atoms. The Morgan fingerprint density at radius 2 is 1.96 bits per heavy atom. The highest BCUT2D eigenvalue weighted by molar-refractivity contribution is 5.91. The van der Waals surface area contributed by atoms with E-state index in [1.807, 2.05) is 18.2 Å². The third kappa shape index (κ3) is 4.93. The number of likely N-dealkylation sites (N-methyl/N-ethyl adjacent to an activating group) is 1. The molecular weight excluding hydrogens is 290 g/mol. The van der Waals surface area contributed by atoms with E-state index >= 15 is 0 Å². The lowest BCUT2D eigenvalue weighted by molar-refractivity contribution is 0.0898. The molecule has 1 unspecified atom stereocenters. The van der Waals surface area contributed by atoms with Gasteiger partial charge in [-0.1, -0.05) is 49.3 Å². The van der Waals surface area contributed by atoms with Crippen molar-refractivity contribution >= 4 is 5.91 Å². The smallest absolute Gasteiger partial charge is 0.289 e. The molecule has 0 aliphatic carbocycles. The van der Waals surface area contributed by atoms with E-state index < -0.39 is 0 Å². The molecule has 1 aromatic carbocycles. The third-order valence-electron chi connectivity index (χ3n) is 3.99. The van der Waals surface area contributed by atoms with Crippen LogP contribution in [0.15, 0.2) is 40.9 Å². The van der Waals surface area contributed by atoms with Gasteiger partial charge in [0.15, 0.2) is 0 Å². The van der Waals surface area contributed by atoms with Crippen LogP contribution in [0.1, 0.15) is 35.7 Å². The first kappa shape index (κ1) is 17.2. The highest BCUT2D eigenvalue weighted by Gasteiger charge is 2.19. The van der Waals surface area contributed by atoms with Crippen LogP contribution in [0.25, 0.3) is 0 Å². The predicted molar refractivity (Wildman–Crippen MR) is 90.4 cm³/mol. The average molecular weight is 315 g/mol. The minimum absolute atomic E-state index is 0.212. The van der Waals surface area contributed by atoms with Crippen LogP contribution in [0.4, 0.5) is 0 Å². The van der Waals surface area contributed by atoms with Gasteiger partial charge in [-0.3, -0.25) is 9.69 Å². The van der Waals surface area contributed by atoms with Crippen LogP contribution in [0, 0.1) is 6.92 Å². The molecule has 2 rings (SSSR count). The number of hydrogen-bond acceptors (Lipinski definition) is 4. The lowest BCUT2D eigenvalue weighted by Crippen LogP contribution is -2.45. The number of aromatic nitrogens is 1. The summed E-state index contributed by atoms with van der Waals surface area (Å²) in [7, 11) is 0. The topological polar surface area (TPSA) is 58.4 Å². The minimum atomic E-state index is -0.212. The second-order valence-electron chi connectivity index (χ2n) is 5.61. The molecule has 124 valence electrons. The normalized spacial score (nSPS) is 12.3. The Labute approximate surface area is 137 Å². The van der Waals surface area contributed by atoms with Crippen molar-refractivity contribution in [3.8, 4) is 0 Å². The number of carbonyl (C=O) groups is 1. The summed E-state index contributed by atoms with van der Waals surface area (Å²) in [5, 5.41) is 6.72. The summed E-state index contributed by atoms with van der Waals surface area (Å²) in [6.45, 7) is 8.56. The maximum absolute atomic E-state index is 12.2. The van der Waals surface area contributed by atoms with Crippen LogP contribution in [0.2, 0.25) is 0 Å². The van der Waals surface area contributed by atoms with Crippen molar-refractivity contribution in [2.45, 2.75) is 33.2 Å². The van der Waals surface area contributed by atoms with Gasteiger partial charge in [-0.15, -0.1) is 0 Å². The van der Waals surface area contributed by atoms with E-state index in [9.17, 15) is 4.79 Å². The molecule has 0 fully saturated rings. The van der Waals surface area contributed by atoms with E-state index in [4.69, 9.17) is 4.52 Å². The maximum Gasteiger partial charge on any atom is 0.289 e. The first-order chi connectivity index (χ1) is 11.1. The lowest BCUT2D eigenvalue weighted by Gasteiger charge is -2.30. The van der Waals surface area contributed by atoms with E-state index in [1.165, 1.54) is 5.56 Å². The monoisotopic (exact) mass is 315 g/mol. The van der Waals surface area contributed by atoms with E-state index in [0.29, 0.717) is 12.2 Å². The Balaban J connectivity index is 2.01. The highest BCUT2D eigenvalue weighted by Crippen LogP contribution is 2.09. The molecule has 5 heteroatoms. The third-order valence-corrected chi connectivity index (χ3v) is 3.99. The predicted octanol–water partition coefficient (Wildman–Crippen LogP) is 2.67. The first-order valence-corrected chi connectivity index (χ1v) is 8.13. The summed E-state index contributed by atoms with van der Waals surface area (Å²) in [5.41, 5.74) is 1.98. The number of benzene rings is 1. The summed E-state index contributed by atoms with van der Waals surface area (Å²) >= 11 is 0. The van der Waals surface area contributed by atoms with Crippen LogP contribution in [0.5, 0.6) is 0 Å². The number of nitrogens with zero attached hydrogens (tertiary/aromatic N) is 2. The molecular formula is C18H25N3O2. The fourth-order valence-corrected chi connectivity index (χ4v) is 2.72. The Morgan fingerprint density at radius 1 is 1.26 bits per heavy atom. The Hall–Kier alpha value is -2.14. The highest BCUT2D eigenvalue weighted by atomic mass is 16.5. The van der Waals surface area contributed by atoms with Gasteiger partial charge in [0.2, 0.25) is 5.76 Å². The second kappa shape index (κ2) is 8.48. The number of amides is 1. The molecule has 0 saturated carbocycles. The molecule has 0 aliphatic rings. The van der Waals surface area contributed by atoms with Crippen LogP contribution in [-0.4, -0.2) is 41.6 Å². The van der Waals surface area contributed by atoms with E-state index in [2.05, 4.69) is 41.4 Å². The zero-order valence-electron chi connectivity index (χ0n) is 14.1. The maximum atomic E-state index is 12.2. The number of nitrogens with one attached hydrogen (secondary N) is 1. The molecule has 0 radical (unpaired) electrons. The number of rotatable bonds is 8. The van der Waals surface area contributed by atoms with Crippen molar-refractivity contribution in [1.29, 1.82) is 0 Å². The van der Waals surface area contributed by atoms with Gasteiger partial charge in [0.05, 0.1) is 5.69 Å². The molecule has 0 aliphatic heterocycles. The molecule has 2 aromatic rings. The van der Waals surface area contributed by atoms with Crippen molar-refractivity contribution in [2.24, 2.45) is 0 Å². The fraction of sp³-hybridized carbons (Fsp3) is 0.444. The zero-order valence-corrected chi connectivity index (χ0v) is 14.1. The van der Waals surface area contributed by atoms with Gasteiger partial charge in [-0.2, -0.15) is 0 Å². The fourth-order valence-electron chi connectivity index (χ4n) is 2.72. The van der Waals surface area contributed by atoms with E-state index in [1.54, 1.807) is 13.0 Å². The largest absolute Gasteiger partial charge is 0.351 e. The molecule has 1 heterocycles. The Kier molecular flexibility index (Phi) is 6.35. The first-order valence-electron chi connectivity index (χ1n) is 8.13. The summed E-state index contributed by atoms with van der Waals surface area (Å²) in [5.74, 6) is 0.0522. The average Bonchev–Trinajstić information content (AvgIpc) is 3.00. The summed E-state index contributed by atoms with van der Waals surface area (Å²) in [6.07, 6.45) is 0.901. The molecule has 0 saturated heterocycles. The molecule has 1 atom stereocenters. The van der Waals surface area contributed by atoms with Gasteiger partial charge in [-0.25, -0.2) is 0 Å². The van der Waals surface area contributed by atoms with Crippen molar-refractivity contribution in [3.63, 3.8) is 0 Å². The Morgan fingerprint density at radius 3 is 2.52 bits per heavy atom. The van der Waals surface area contributed by atoms with Crippen LogP contribution < -0.4 is 5.32 Å². The quantitative estimate of drug-likeness (QED) is 0.813. The van der Waals surface area contributed by atoms with E-state index in [-0.39, 0.29) is 17.7 Å². The van der Waals surface area contributed by atoms with Crippen LogP contribution in [-0.2, 0) is 6.42 Å². The molecule has 0 bridgehead atoms. The van der Waals surface area contributed by atoms with Crippen LogP contribution >= 0.6 is 0 Å². The van der Waals surface area contributed by atoms with Gasteiger partial charge < -0.3 is 9.84 Å².